The van der Waals surface area contributed by atoms with E-state index in [2.05, 4.69) is 26.8 Å². The molecule has 1 fully saturated rings. The van der Waals surface area contributed by atoms with Crippen molar-refractivity contribution < 1.29 is 14.0 Å². The fourth-order valence-electron chi connectivity index (χ4n) is 3.31. The van der Waals surface area contributed by atoms with Gasteiger partial charge in [0.15, 0.2) is 16.6 Å². The summed E-state index contributed by atoms with van der Waals surface area (Å²) in [4.78, 5) is 24.7. The number of hydrogen-bond acceptors (Lipinski definition) is 5. The van der Waals surface area contributed by atoms with Crippen LogP contribution < -0.4 is 10.6 Å². The summed E-state index contributed by atoms with van der Waals surface area (Å²) < 4.78 is 5.11. The number of furan rings is 1. The number of terminal acetylenes is 1. The van der Waals surface area contributed by atoms with Crippen molar-refractivity contribution in [3.8, 4) is 12.3 Å². The van der Waals surface area contributed by atoms with Crippen molar-refractivity contribution in [2.45, 2.75) is 50.2 Å². The van der Waals surface area contributed by atoms with Gasteiger partial charge in [0.2, 0.25) is 5.91 Å². The predicted octanol–water partition coefficient (Wildman–Crippen LogP) is 2.91. The molecule has 2 N–H and O–H groups in total. The molecule has 1 saturated carbocycles. The Bertz CT molecular complexity index is 746. The molecule has 1 aromatic rings. The molecular weight excluding hydrogens is 356 g/mol. The van der Waals surface area contributed by atoms with Crippen LogP contribution in [0, 0.1) is 18.3 Å². The van der Waals surface area contributed by atoms with E-state index in [9.17, 15) is 9.59 Å². The standard InChI is InChI=1S/C18H21ClN4O3/c1-2-3-9-18(22-23-18)10-11-20-16(24)12-5-4-6-13(12)21-17(25)14-7-8-15(19)26-14/h1,7-8,12-13H,3-6,9-11H2,(H,20,24)(H,21,25). The molecule has 1 aromatic heterocycles. The fraction of sp³-hybridized carbons (Fsp3) is 0.556. The Balaban J connectivity index is 1.46. The lowest BCUT2D eigenvalue weighted by Crippen LogP contribution is -2.44. The number of nitrogens with zero attached hydrogens (tertiary/aromatic N) is 2. The van der Waals surface area contributed by atoms with Crippen molar-refractivity contribution in [2.75, 3.05) is 6.54 Å². The average Bonchev–Trinajstić information content (AvgIpc) is 3.02. The van der Waals surface area contributed by atoms with Crippen molar-refractivity contribution in [2.24, 2.45) is 16.1 Å². The summed E-state index contributed by atoms with van der Waals surface area (Å²) >= 11 is 5.69. The molecule has 1 aliphatic carbocycles. The van der Waals surface area contributed by atoms with Crippen LogP contribution in [0.4, 0.5) is 0 Å². The second-order valence-corrected chi connectivity index (χ2v) is 7.02. The van der Waals surface area contributed by atoms with Gasteiger partial charge in [0.05, 0.1) is 5.92 Å². The van der Waals surface area contributed by atoms with E-state index >= 15 is 0 Å². The molecule has 1 aliphatic heterocycles. The first-order chi connectivity index (χ1) is 12.5. The molecule has 0 aromatic carbocycles. The van der Waals surface area contributed by atoms with E-state index in [4.69, 9.17) is 22.4 Å². The maximum absolute atomic E-state index is 12.5. The molecule has 0 bridgehead atoms. The highest BCUT2D eigenvalue weighted by Gasteiger charge is 2.39. The Morgan fingerprint density at radius 3 is 2.81 bits per heavy atom. The first-order valence-electron chi connectivity index (χ1n) is 8.74. The summed E-state index contributed by atoms with van der Waals surface area (Å²) in [6.45, 7) is 0.487. The zero-order valence-corrected chi connectivity index (χ0v) is 15.1. The fourth-order valence-corrected chi connectivity index (χ4v) is 3.45. The first-order valence-corrected chi connectivity index (χ1v) is 9.12. The minimum absolute atomic E-state index is 0.0574. The summed E-state index contributed by atoms with van der Waals surface area (Å²) in [7, 11) is 0. The highest BCUT2D eigenvalue weighted by molar-refractivity contribution is 6.29. The number of rotatable bonds is 8. The summed E-state index contributed by atoms with van der Waals surface area (Å²) in [5.74, 6) is 2.07. The maximum atomic E-state index is 12.5. The van der Waals surface area contributed by atoms with Gasteiger partial charge in [-0.05, 0) is 36.6 Å². The molecule has 2 atom stereocenters. The van der Waals surface area contributed by atoms with Gasteiger partial charge < -0.3 is 15.1 Å². The van der Waals surface area contributed by atoms with Crippen LogP contribution in [0.1, 0.15) is 49.1 Å². The molecule has 8 heteroatoms. The van der Waals surface area contributed by atoms with Crippen molar-refractivity contribution in [1.82, 2.24) is 10.6 Å². The van der Waals surface area contributed by atoms with Crippen LogP contribution in [0.25, 0.3) is 0 Å². The second kappa shape index (κ2) is 7.92. The SMILES string of the molecule is C#CCCC1(CCNC(=O)C2CCCC2NC(=O)c2ccc(Cl)o2)N=N1. The molecule has 2 heterocycles. The van der Waals surface area contributed by atoms with Crippen LogP contribution in [0.2, 0.25) is 5.22 Å². The first kappa shape index (κ1) is 18.5. The third-order valence-electron chi connectivity index (χ3n) is 4.84. The molecule has 3 rings (SSSR count). The van der Waals surface area contributed by atoms with Gasteiger partial charge in [0.25, 0.3) is 5.91 Å². The van der Waals surface area contributed by atoms with Crippen molar-refractivity contribution in [3.63, 3.8) is 0 Å². The molecule has 2 amide bonds. The molecule has 0 saturated heterocycles. The average molecular weight is 377 g/mol. The van der Waals surface area contributed by atoms with E-state index in [-0.39, 0.29) is 34.8 Å². The topological polar surface area (TPSA) is 96.1 Å². The summed E-state index contributed by atoms with van der Waals surface area (Å²) in [5.41, 5.74) is -0.401. The van der Waals surface area contributed by atoms with Gasteiger partial charge in [-0.15, -0.1) is 12.3 Å². The quantitative estimate of drug-likeness (QED) is 0.683. The summed E-state index contributed by atoms with van der Waals surface area (Å²) in [5, 5.41) is 14.1. The van der Waals surface area contributed by atoms with Crippen LogP contribution in [0.3, 0.4) is 0 Å². The Labute approximate surface area is 156 Å². The highest BCUT2D eigenvalue weighted by atomic mass is 35.5. The monoisotopic (exact) mass is 376 g/mol. The smallest absolute Gasteiger partial charge is 0.287 e. The lowest BCUT2D eigenvalue weighted by molar-refractivity contribution is -0.125. The highest BCUT2D eigenvalue weighted by Crippen LogP contribution is 2.36. The molecule has 138 valence electrons. The number of halogens is 1. The second-order valence-electron chi connectivity index (χ2n) is 6.65. The number of carbonyl (C=O) groups is 2. The molecule has 2 unspecified atom stereocenters. The summed E-state index contributed by atoms with van der Waals surface area (Å²) in [6.07, 6.45) is 9.64. The third-order valence-corrected chi connectivity index (χ3v) is 5.05. The van der Waals surface area contributed by atoms with E-state index in [0.29, 0.717) is 25.8 Å². The minimum Gasteiger partial charge on any atom is -0.440 e. The third kappa shape index (κ3) is 4.44. The Morgan fingerprint density at radius 2 is 2.15 bits per heavy atom. The molecular formula is C18H21ClN4O3. The van der Waals surface area contributed by atoms with Gasteiger partial charge in [-0.3, -0.25) is 9.59 Å². The normalized spacial score (nSPS) is 22.6. The number of nitrogens with one attached hydrogen (secondary N) is 2. The van der Waals surface area contributed by atoms with Crippen LogP contribution in [-0.2, 0) is 4.79 Å². The lowest BCUT2D eigenvalue weighted by Gasteiger charge is -2.20. The molecule has 0 spiro atoms. The Hall–Kier alpha value is -2.33. The van der Waals surface area contributed by atoms with Gasteiger partial charge in [-0.2, -0.15) is 10.2 Å². The van der Waals surface area contributed by atoms with Gasteiger partial charge in [-0.25, -0.2) is 0 Å². The maximum Gasteiger partial charge on any atom is 0.287 e. The number of amides is 2. The van der Waals surface area contributed by atoms with Gasteiger partial charge in [0, 0.05) is 31.8 Å². The van der Waals surface area contributed by atoms with Crippen molar-refractivity contribution in [3.05, 3.63) is 23.1 Å². The van der Waals surface area contributed by atoms with Gasteiger partial charge >= 0.3 is 0 Å². The molecule has 2 aliphatic rings. The van der Waals surface area contributed by atoms with Gasteiger partial charge in [-0.1, -0.05) is 6.42 Å². The molecule has 0 radical (unpaired) electrons. The minimum atomic E-state index is -0.401. The Morgan fingerprint density at radius 1 is 1.35 bits per heavy atom. The number of hydrogen-bond donors (Lipinski definition) is 2. The number of carbonyl (C=O) groups excluding carboxylic acids is 2. The van der Waals surface area contributed by atoms with Crippen LogP contribution in [0.5, 0.6) is 0 Å². The van der Waals surface area contributed by atoms with Crippen molar-refractivity contribution in [1.29, 1.82) is 0 Å². The zero-order valence-electron chi connectivity index (χ0n) is 14.3. The lowest BCUT2D eigenvalue weighted by atomic mass is 10.0. The largest absolute Gasteiger partial charge is 0.440 e. The molecule has 7 nitrogen and oxygen atoms in total. The van der Waals surface area contributed by atoms with Crippen LogP contribution >= 0.6 is 11.6 Å². The predicted molar refractivity (Wildman–Crippen MR) is 95.6 cm³/mol. The van der Waals surface area contributed by atoms with E-state index in [1.807, 2.05) is 0 Å². The van der Waals surface area contributed by atoms with E-state index in [1.54, 1.807) is 0 Å². The Kier molecular flexibility index (Phi) is 5.62. The van der Waals surface area contributed by atoms with E-state index < -0.39 is 5.66 Å². The molecule has 26 heavy (non-hydrogen) atoms. The summed E-state index contributed by atoms with van der Waals surface area (Å²) in [6, 6.07) is 2.82. The zero-order chi connectivity index (χ0) is 18.6. The van der Waals surface area contributed by atoms with Crippen molar-refractivity contribution >= 4 is 23.4 Å². The van der Waals surface area contributed by atoms with E-state index in [0.717, 1.165) is 19.3 Å². The van der Waals surface area contributed by atoms with E-state index in [1.165, 1.54) is 12.1 Å². The van der Waals surface area contributed by atoms with Crippen LogP contribution in [-0.4, -0.2) is 30.1 Å². The van der Waals surface area contributed by atoms with Gasteiger partial charge in [0.1, 0.15) is 0 Å². The van der Waals surface area contributed by atoms with Crippen LogP contribution in [0.15, 0.2) is 26.8 Å².